The summed E-state index contributed by atoms with van der Waals surface area (Å²) in [7, 11) is 0. The monoisotopic (exact) mass is 342 g/mol. The Morgan fingerprint density at radius 2 is 1.87 bits per heavy atom. The fraction of sp³-hybridized carbons (Fsp3) is 0.111. The number of thiazole rings is 1. The van der Waals surface area contributed by atoms with E-state index < -0.39 is 0 Å². The van der Waals surface area contributed by atoms with Crippen LogP contribution in [0.3, 0.4) is 0 Å². The molecule has 0 saturated heterocycles. The Morgan fingerprint density at radius 1 is 1.13 bits per heavy atom. The maximum atomic E-state index is 12.5. The number of nitrogens with one attached hydrogen (secondary N) is 1. The minimum atomic E-state index is -0.146. The molecule has 0 saturated carbocycles. The number of carbonyl (C=O) groups excluding carboxylic acids is 1. The van der Waals surface area contributed by atoms with Crippen molar-refractivity contribution in [2.45, 2.75) is 13.8 Å². The summed E-state index contributed by atoms with van der Waals surface area (Å²) in [6, 6.07) is 15.3. The molecule has 0 fully saturated rings. The number of halogens is 1. The molecule has 3 rings (SSSR count). The minimum Gasteiger partial charge on any atom is -0.321 e. The van der Waals surface area contributed by atoms with Crippen LogP contribution in [0.1, 0.15) is 20.9 Å². The number of aryl methyl sites for hydroxylation is 2. The second kappa shape index (κ2) is 6.52. The van der Waals surface area contributed by atoms with Crippen molar-refractivity contribution < 1.29 is 4.79 Å². The Kier molecular flexibility index (Phi) is 4.46. The van der Waals surface area contributed by atoms with Gasteiger partial charge in [-0.2, -0.15) is 0 Å². The Hall–Kier alpha value is -2.17. The Bertz CT molecular complexity index is 859. The van der Waals surface area contributed by atoms with E-state index in [9.17, 15) is 4.79 Å². The van der Waals surface area contributed by atoms with Crippen LogP contribution in [0.5, 0.6) is 0 Å². The summed E-state index contributed by atoms with van der Waals surface area (Å²) in [6.45, 7) is 3.77. The number of benzene rings is 2. The van der Waals surface area contributed by atoms with Crippen LogP contribution in [-0.2, 0) is 0 Å². The van der Waals surface area contributed by atoms with E-state index in [2.05, 4.69) is 10.3 Å². The van der Waals surface area contributed by atoms with Crippen LogP contribution < -0.4 is 5.32 Å². The predicted molar refractivity (Wildman–Crippen MR) is 96.4 cm³/mol. The van der Waals surface area contributed by atoms with E-state index in [-0.39, 0.29) is 5.91 Å². The molecule has 5 heteroatoms. The number of amides is 1. The SMILES string of the molecule is Cc1cc(Cl)ccc1NC(=O)c1sc(-c2ccccc2)nc1C. The summed E-state index contributed by atoms with van der Waals surface area (Å²) in [4.78, 5) is 17.7. The quantitative estimate of drug-likeness (QED) is 0.698. The normalized spacial score (nSPS) is 10.6. The summed E-state index contributed by atoms with van der Waals surface area (Å²) in [5, 5.41) is 4.43. The van der Waals surface area contributed by atoms with Gasteiger partial charge < -0.3 is 5.32 Å². The van der Waals surface area contributed by atoms with Crippen LogP contribution in [0.4, 0.5) is 5.69 Å². The van der Waals surface area contributed by atoms with Crippen molar-refractivity contribution in [2.24, 2.45) is 0 Å². The van der Waals surface area contributed by atoms with Crippen molar-refractivity contribution in [3.8, 4) is 10.6 Å². The van der Waals surface area contributed by atoms with E-state index in [1.807, 2.05) is 56.3 Å². The summed E-state index contributed by atoms with van der Waals surface area (Å²) in [5.41, 5.74) is 3.44. The first-order chi connectivity index (χ1) is 11.0. The lowest BCUT2D eigenvalue weighted by Gasteiger charge is -2.07. The van der Waals surface area contributed by atoms with Crippen molar-refractivity contribution in [1.82, 2.24) is 4.98 Å². The van der Waals surface area contributed by atoms with E-state index in [0.717, 1.165) is 27.5 Å². The van der Waals surface area contributed by atoms with Gasteiger partial charge >= 0.3 is 0 Å². The first kappa shape index (κ1) is 15.7. The van der Waals surface area contributed by atoms with E-state index in [1.54, 1.807) is 6.07 Å². The van der Waals surface area contributed by atoms with Gasteiger partial charge in [-0.05, 0) is 37.6 Å². The van der Waals surface area contributed by atoms with Crippen LogP contribution in [0.25, 0.3) is 10.6 Å². The van der Waals surface area contributed by atoms with Crippen LogP contribution in [0.15, 0.2) is 48.5 Å². The molecule has 1 heterocycles. The molecule has 0 aliphatic rings. The van der Waals surface area contributed by atoms with Gasteiger partial charge in [0.15, 0.2) is 0 Å². The Labute approximate surface area is 144 Å². The molecule has 0 bridgehead atoms. The molecule has 0 aliphatic carbocycles. The maximum absolute atomic E-state index is 12.5. The number of carbonyl (C=O) groups is 1. The summed E-state index contributed by atoms with van der Waals surface area (Å²) < 4.78 is 0. The lowest BCUT2D eigenvalue weighted by Crippen LogP contribution is -2.12. The van der Waals surface area contributed by atoms with Gasteiger partial charge in [-0.15, -0.1) is 11.3 Å². The molecule has 0 atom stereocenters. The van der Waals surface area contributed by atoms with Gasteiger partial charge in [-0.25, -0.2) is 4.98 Å². The van der Waals surface area contributed by atoms with Crippen molar-refractivity contribution in [3.05, 3.63) is 69.7 Å². The van der Waals surface area contributed by atoms with Crippen molar-refractivity contribution >= 4 is 34.5 Å². The number of hydrogen-bond donors (Lipinski definition) is 1. The third-order valence-corrected chi connectivity index (χ3v) is 4.90. The van der Waals surface area contributed by atoms with E-state index in [0.29, 0.717) is 9.90 Å². The standard InChI is InChI=1S/C18H15ClN2OS/c1-11-10-14(19)8-9-15(11)21-17(22)16-12(2)20-18(23-16)13-6-4-3-5-7-13/h3-10H,1-2H3,(H,21,22). The second-order valence-electron chi connectivity index (χ2n) is 5.21. The summed E-state index contributed by atoms with van der Waals surface area (Å²) in [6.07, 6.45) is 0. The number of hydrogen-bond acceptors (Lipinski definition) is 3. The first-order valence-electron chi connectivity index (χ1n) is 7.15. The van der Waals surface area contributed by atoms with Gasteiger partial charge in [0.05, 0.1) is 5.69 Å². The molecule has 1 aromatic heterocycles. The van der Waals surface area contributed by atoms with Crippen molar-refractivity contribution in [2.75, 3.05) is 5.32 Å². The highest BCUT2D eigenvalue weighted by Gasteiger charge is 2.17. The average molecular weight is 343 g/mol. The summed E-state index contributed by atoms with van der Waals surface area (Å²) >= 11 is 7.35. The van der Waals surface area contributed by atoms with Gasteiger partial charge in [0.2, 0.25) is 0 Å². The molecule has 0 aliphatic heterocycles. The Balaban J connectivity index is 1.87. The zero-order valence-corrected chi connectivity index (χ0v) is 14.3. The third kappa shape index (κ3) is 3.44. The van der Waals surface area contributed by atoms with Crippen LogP contribution in [0, 0.1) is 13.8 Å². The molecular formula is C18H15ClN2OS. The molecule has 3 aromatic rings. The largest absolute Gasteiger partial charge is 0.321 e. The number of rotatable bonds is 3. The number of aromatic nitrogens is 1. The van der Waals surface area contributed by atoms with E-state index in [1.165, 1.54) is 11.3 Å². The van der Waals surface area contributed by atoms with Crippen LogP contribution in [-0.4, -0.2) is 10.9 Å². The summed E-state index contributed by atoms with van der Waals surface area (Å²) in [5.74, 6) is -0.146. The molecule has 0 unspecified atom stereocenters. The zero-order valence-electron chi connectivity index (χ0n) is 12.8. The minimum absolute atomic E-state index is 0.146. The van der Waals surface area contributed by atoms with Gasteiger partial charge in [0.25, 0.3) is 5.91 Å². The van der Waals surface area contributed by atoms with Gasteiger partial charge in [0, 0.05) is 16.3 Å². The fourth-order valence-corrected chi connectivity index (χ4v) is 3.45. The van der Waals surface area contributed by atoms with E-state index >= 15 is 0 Å². The molecule has 3 nitrogen and oxygen atoms in total. The highest BCUT2D eigenvalue weighted by atomic mass is 35.5. The van der Waals surface area contributed by atoms with Gasteiger partial charge in [-0.3, -0.25) is 4.79 Å². The zero-order chi connectivity index (χ0) is 16.4. The maximum Gasteiger partial charge on any atom is 0.267 e. The molecule has 23 heavy (non-hydrogen) atoms. The average Bonchev–Trinajstić information content (AvgIpc) is 2.93. The molecule has 1 N–H and O–H groups in total. The van der Waals surface area contributed by atoms with E-state index in [4.69, 9.17) is 11.6 Å². The predicted octanol–water partition coefficient (Wildman–Crippen LogP) is 5.33. The van der Waals surface area contributed by atoms with Crippen molar-refractivity contribution in [1.29, 1.82) is 0 Å². The van der Waals surface area contributed by atoms with Crippen LogP contribution >= 0.6 is 22.9 Å². The topological polar surface area (TPSA) is 42.0 Å². The lowest BCUT2D eigenvalue weighted by molar-refractivity contribution is 0.102. The molecule has 0 spiro atoms. The number of anilines is 1. The van der Waals surface area contributed by atoms with Gasteiger partial charge in [-0.1, -0.05) is 41.9 Å². The molecule has 116 valence electrons. The van der Waals surface area contributed by atoms with Crippen molar-refractivity contribution in [3.63, 3.8) is 0 Å². The lowest BCUT2D eigenvalue weighted by atomic mass is 10.2. The molecule has 2 aromatic carbocycles. The second-order valence-corrected chi connectivity index (χ2v) is 6.65. The first-order valence-corrected chi connectivity index (χ1v) is 8.34. The van der Waals surface area contributed by atoms with Crippen LogP contribution in [0.2, 0.25) is 5.02 Å². The smallest absolute Gasteiger partial charge is 0.267 e. The number of nitrogens with zero attached hydrogens (tertiary/aromatic N) is 1. The highest BCUT2D eigenvalue weighted by molar-refractivity contribution is 7.17. The molecule has 0 radical (unpaired) electrons. The third-order valence-electron chi connectivity index (χ3n) is 3.46. The fourth-order valence-electron chi connectivity index (χ4n) is 2.26. The molecule has 1 amide bonds. The highest BCUT2D eigenvalue weighted by Crippen LogP contribution is 2.29. The molecular weight excluding hydrogens is 328 g/mol. The van der Waals surface area contributed by atoms with Gasteiger partial charge in [0.1, 0.15) is 9.88 Å². The Morgan fingerprint density at radius 3 is 2.57 bits per heavy atom.